The van der Waals surface area contributed by atoms with Gasteiger partial charge in [-0.25, -0.2) is 0 Å². The molecule has 0 fully saturated rings. The average Bonchev–Trinajstić information content (AvgIpc) is 1.99. The molecule has 7 heteroatoms. The van der Waals surface area contributed by atoms with E-state index in [0.717, 1.165) is 0 Å². The van der Waals surface area contributed by atoms with Crippen molar-refractivity contribution < 1.29 is 24.5 Å². The van der Waals surface area contributed by atoms with Crippen LogP contribution in [0.2, 0.25) is 0 Å². The van der Waals surface area contributed by atoms with Gasteiger partial charge in [0.1, 0.15) is 0 Å². The minimum absolute atomic E-state index is 0.204. The van der Waals surface area contributed by atoms with E-state index in [2.05, 4.69) is 9.31 Å². The first-order valence-electron chi connectivity index (χ1n) is 3.56. The predicted molar refractivity (Wildman–Crippen MR) is 41.8 cm³/mol. The second-order valence-electron chi connectivity index (χ2n) is 2.32. The topological polar surface area (TPSA) is 105 Å². The number of aliphatic hydroxyl groups excluding tert-OH is 2. The molecule has 0 aliphatic rings. The van der Waals surface area contributed by atoms with Crippen LogP contribution in [0.25, 0.3) is 0 Å². The van der Waals surface area contributed by atoms with Crippen molar-refractivity contribution in [3.8, 4) is 0 Å². The number of nitrogens with two attached hydrogens (primary N) is 1. The van der Waals surface area contributed by atoms with Gasteiger partial charge in [-0.3, -0.25) is 0 Å². The van der Waals surface area contributed by atoms with E-state index in [0.29, 0.717) is 0 Å². The quantitative estimate of drug-likeness (QED) is 0.269. The number of hydrogen-bond donors (Lipinski definition) is 4. The third kappa shape index (κ3) is 6.53. The van der Waals surface area contributed by atoms with Gasteiger partial charge in [0.05, 0.1) is 25.5 Å². The van der Waals surface area contributed by atoms with Gasteiger partial charge in [-0.05, 0) is 6.92 Å². The summed E-state index contributed by atoms with van der Waals surface area (Å²) in [6.07, 6.45) is -1.66. The maximum Gasteiger partial charge on any atom is 0.637 e. The van der Waals surface area contributed by atoms with Gasteiger partial charge in [-0.15, -0.1) is 0 Å². The summed E-state index contributed by atoms with van der Waals surface area (Å²) < 4.78 is 9.11. The molecule has 72 valence electrons. The monoisotopic (exact) mass is 179 g/mol. The highest BCUT2D eigenvalue weighted by atomic mass is 16.7. The van der Waals surface area contributed by atoms with E-state index in [9.17, 15) is 0 Å². The molecular formula is C5H14BNO5. The van der Waals surface area contributed by atoms with Gasteiger partial charge in [0.2, 0.25) is 0 Å². The third-order valence-electron chi connectivity index (χ3n) is 0.973. The summed E-state index contributed by atoms with van der Waals surface area (Å²) in [5.74, 6) is 0. The molecule has 0 aromatic heterocycles. The minimum atomic E-state index is -1.47. The predicted octanol–water partition coefficient (Wildman–Crippen LogP) is -2.35. The van der Waals surface area contributed by atoms with Crippen LogP contribution < -0.4 is 5.73 Å². The lowest BCUT2D eigenvalue weighted by atomic mass is 10.2. The first kappa shape index (κ1) is 11.8. The van der Waals surface area contributed by atoms with Gasteiger partial charge in [0.15, 0.2) is 0 Å². The van der Waals surface area contributed by atoms with Gasteiger partial charge in [0, 0.05) is 0 Å². The van der Waals surface area contributed by atoms with Crippen LogP contribution in [0.5, 0.6) is 0 Å². The van der Waals surface area contributed by atoms with Gasteiger partial charge in [0.25, 0.3) is 0 Å². The Hall–Kier alpha value is -0.175. The van der Waals surface area contributed by atoms with E-state index < -0.39 is 26.3 Å². The van der Waals surface area contributed by atoms with Crippen molar-refractivity contribution >= 4 is 7.32 Å². The SMILES string of the molecule is CC(N)OB(O)OCC(O)CO. The van der Waals surface area contributed by atoms with Crippen LogP contribution in [0.1, 0.15) is 6.92 Å². The van der Waals surface area contributed by atoms with Gasteiger partial charge >= 0.3 is 7.32 Å². The van der Waals surface area contributed by atoms with E-state index in [4.69, 9.17) is 21.0 Å². The van der Waals surface area contributed by atoms with Gasteiger partial charge in [-0.1, -0.05) is 0 Å². The summed E-state index contributed by atoms with van der Waals surface area (Å²) >= 11 is 0. The molecule has 0 heterocycles. The Morgan fingerprint density at radius 1 is 1.58 bits per heavy atom. The maximum absolute atomic E-state index is 8.85. The lowest BCUT2D eigenvalue weighted by molar-refractivity contribution is 0.0212. The Labute approximate surface area is 71.1 Å². The van der Waals surface area contributed by atoms with Crippen LogP contribution in [-0.4, -0.2) is 48.1 Å². The molecule has 0 radical (unpaired) electrons. The summed E-state index contributed by atoms with van der Waals surface area (Å²) in [6, 6.07) is 0. The Balaban J connectivity index is 3.36. The molecule has 0 aliphatic heterocycles. The zero-order valence-electron chi connectivity index (χ0n) is 6.88. The zero-order valence-corrected chi connectivity index (χ0v) is 6.88. The molecular weight excluding hydrogens is 165 g/mol. The Kier molecular flexibility index (Phi) is 6.26. The number of aliphatic hydroxyl groups is 2. The Bertz CT molecular complexity index is 114. The highest BCUT2D eigenvalue weighted by molar-refractivity contribution is 6.34. The summed E-state index contributed by atoms with van der Waals surface area (Å²) in [6.45, 7) is 0.893. The fourth-order valence-electron chi connectivity index (χ4n) is 0.469. The van der Waals surface area contributed by atoms with Crippen LogP contribution in [-0.2, 0) is 9.31 Å². The number of hydrogen-bond acceptors (Lipinski definition) is 6. The fraction of sp³-hybridized carbons (Fsp3) is 1.00. The standard InChI is InChI=1S/C5H14BNO5/c1-4(7)12-6(10)11-3-5(9)2-8/h4-5,8-10H,2-3,7H2,1H3. The largest absolute Gasteiger partial charge is 0.637 e. The summed E-state index contributed by atoms with van der Waals surface area (Å²) in [5, 5.41) is 26.0. The third-order valence-corrected chi connectivity index (χ3v) is 0.973. The lowest BCUT2D eigenvalue weighted by Crippen LogP contribution is -2.35. The van der Waals surface area contributed by atoms with Crippen molar-refractivity contribution in [1.29, 1.82) is 0 Å². The summed E-state index contributed by atoms with van der Waals surface area (Å²) in [7, 11) is -1.47. The molecule has 0 aliphatic carbocycles. The smallest absolute Gasteiger partial charge is 0.402 e. The Morgan fingerprint density at radius 2 is 2.17 bits per heavy atom. The first-order chi connectivity index (χ1) is 5.56. The molecule has 0 bridgehead atoms. The second kappa shape index (κ2) is 6.35. The molecule has 0 aromatic carbocycles. The first-order valence-corrected chi connectivity index (χ1v) is 3.56. The van der Waals surface area contributed by atoms with E-state index >= 15 is 0 Å². The molecule has 0 saturated heterocycles. The van der Waals surface area contributed by atoms with Crippen molar-refractivity contribution in [1.82, 2.24) is 0 Å². The fourth-order valence-corrected chi connectivity index (χ4v) is 0.469. The molecule has 0 spiro atoms. The van der Waals surface area contributed by atoms with E-state index in [1.54, 1.807) is 0 Å². The number of rotatable bonds is 6. The van der Waals surface area contributed by atoms with E-state index in [1.807, 2.05) is 0 Å². The molecule has 0 saturated carbocycles. The van der Waals surface area contributed by atoms with E-state index in [-0.39, 0.29) is 6.61 Å². The molecule has 12 heavy (non-hydrogen) atoms. The van der Waals surface area contributed by atoms with Gasteiger partial charge < -0.3 is 30.3 Å². The highest BCUT2D eigenvalue weighted by Gasteiger charge is 2.18. The molecule has 0 rings (SSSR count). The molecule has 2 unspecified atom stereocenters. The van der Waals surface area contributed by atoms with E-state index in [1.165, 1.54) is 6.92 Å². The second-order valence-corrected chi connectivity index (χ2v) is 2.32. The lowest BCUT2D eigenvalue weighted by Gasteiger charge is -2.12. The maximum atomic E-state index is 8.85. The van der Waals surface area contributed by atoms with Crippen molar-refractivity contribution in [3.05, 3.63) is 0 Å². The Morgan fingerprint density at radius 3 is 2.58 bits per heavy atom. The molecule has 0 aromatic rings. The van der Waals surface area contributed by atoms with Crippen LogP contribution in [0.4, 0.5) is 0 Å². The van der Waals surface area contributed by atoms with Crippen LogP contribution in [0.3, 0.4) is 0 Å². The molecule has 2 atom stereocenters. The van der Waals surface area contributed by atoms with Crippen molar-refractivity contribution in [2.24, 2.45) is 5.73 Å². The average molecular weight is 179 g/mol. The van der Waals surface area contributed by atoms with Crippen LogP contribution in [0.15, 0.2) is 0 Å². The van der Waals surface area contributed by atoms with Crippen molar-refractivity contribution in [2.75, 3.05) is 13.2 Å². The minimum Gasteiger partial charge on any atom is -0.402 e. The summed E-state index contributed by atoms with van der Waals surface area (Å²) in [5.41, 5.74) is 5.16. The van der Waals surface area contributed by atoms with Crippen LogP contribution >= 0.6 is 0 Å². The zero-order chi connectivity index (χ0) is 9.56. The van der Waals surface area contributed by atoms with Crippen LogP contribution in [0, 0.1) is 0 Å². The normalized spacial score (nSPS) is 15.8. The van der Waals surface area contributed by atoms with Crippen molar-refractivity contribution in [2.45, 2.75) is 19.3 Å². The van der Waals surface area contributed by atoms with Gasteiger partial charge in [-0.2, -0.15) is 0 Å². The van der Waals surface area contributed by atoms with Crippen molar-refractivity contribution in [3.63, 3.8) is 0 Å². The molecule has 0 amide bonds. The molecule has 5 N–H and O–H groups in total. The molecule has 6 nitrogen and oxygen atoms in total. The summed E-state index contributed by atoms with van der Waals surface area (Å²) in [4.78, 5) is 0. The highest BCUT2D eigenvalue weighted by Crippen LogP contribution is 1.90.